The number of methoxy groups -OCH3 is 2. The first-order valence-electron chi connectivity index (χ1n) is 51.7. The minimum Gasteiger partial charge on any atom is -0.507 e. The van der Waals surface area contributed by atoms with Gasteiger partial charge in [-0.05, 0) is 478 Å². The molecular formula is C121H169IN4O24. The van der Waals surface area contributed by atoms with Crippen molar-refractivity contribution < 1.29 is 97.1 Å². The van der Waals surface area contributed by atoms with E-state index in [1.165, 1.54) is 164 Å². The van der Waals surface area contributed by atoms with Gasteiger partial charge < -0.3 is 63.1 Å². The number of aliphatic hydroxyl groups excluding tert-OH is 2. The molecule has 15 rings (SSSR count). The molecule has 0 saturated heterocycles. The summed E-state index contributed by atoms with van der Waals surface area (Å²) in [6, 6.07) is 9.71. The maximum Gasteiger partial charge on any atom is 0.349 e. The summed E-state index contributed by atoms with van der Waals surface area (Å²) in [6.07, 6.45) is 13.7. The second-order valence-electron chi connectivity index (χ2n) is 43.5. The summed E-state index contributed by atoms with van der Waals surface area (Å²) in [7, 11) is 2.78. The van der Waals surface area contributed by atoms with Gasteiger partial charge in [0.15, 0.2) is 18.0 Å². The number of benzene rings is 8. The Morgan fingerprint density at radius 3 is 0.907 bits per heavy atom. The number of aromatic hydroxyl groups is 2. The smallest absolute Gasteiger partial charge is 0.349 e. The predicted molar refractivity (Wildman–Crippen MR) is 603 cm³/mol. The first kappa shape index (κ1) is 125. The molecule has 9 unspecified atom stereocenters. The van der Waals surface area contributed by atoms with Crippen molar-refractivity contribution in [2.45, 2.75) is 397 Å². The van der Waals surface area contributed by atoms with Crippen molar-refractivity contribution in [1.29, 1.82) is 0 Å². The minimum atomic E-state index is -1.14. The Kier molecular flexibility index (Phi) is 41.9. The molecule has 0 radical (unpaired) electrons. The van der Waals surface area contributed by atoms with Crippen LogP contribution in [0.1, 0.15) is 305 Å². The van der Waals surface area contributed by atoms with Gasteiger partial charge in [0, 0.05) is 73.7 Å². The van der Waals surface area contributed by atoms with Crippen LogP contribution in [0.5, 0.6) is 51.7 Å². The Labute approximate surface area is 897 Å². The van der Waals surface area contributed by atoms with Crippen LogP contribution in [0.3, 0.4) is 0 Å². The molecule has 0 amide bonds. The Morgan fingerprint density at radius 2 is 0.633 bits per heavy atom. The Bertz CT molecular complexity index is 6320. The van der Waals surface area contributed by atoms with Crippen molar-refractivity contribution in [3.8, 4) is 51.7 Å². The van der Waals surface area contributed by atoms with E-state index in [1.54, 1.807) is 29.6 Å². The summed E-state index contributed by atoms with van der Waals surface area (Å²) in [6.45, 7) is 72.5. The van der Waals surface area contributed by atoms with E-state index in [-0.39, 0.29) is 46.3 Å². The van der Waals surface area contributed by atoms with Gasteiger partial charge in [-0.3, -0.25) is 45.3 Å². The topological polar surface area (TPSA) is 388 Å². The van der Waals surface area contributed by atoms with E-state index in [9.17, 15) is 75.3 Å². The Balaban J connectivity index is 0.000000232. The van der Waals surface area contributed by atoms with Gasteiger partial charge in [0.2, 0.25) is 35.2 Å². The van der Waals surface area contributed by atoms with Crippen molar-refractivity contribution in [3.63, 3.8) is 0 Å². The van der Waals surface area contributed by atoms with Crippen LogP contribution in [0.4, 0.5) is 0 Å². The number of allylic oxidation sites excluding steroid dienone is 2. The van der Waals surface area contributed by atoms with Gasteiger partial charge in [-0.1, -0.05) is 0 Å². The maximum absolute atomic E-state index is 11.9. The monoisotopic (exact) mass is 2190 g/mol. The molecular weight excluding hydrogens is 2020 g/mol. The summed E-state index contributed by atoms with van der Waals surface area (Å²) in [4.78, 5) is 79.8. The van der Waals surface area contributed by atoms with Crippen LogP contribution in [0.25, 0.3) is 0 Å². The third-order valence-corrected chi connectivity index (χ3v) is 36.4. The fraction of sp³-hybridized carbons (Fsp3) is 0.545. The second kappa shape index (κ2) is 50.3. The first-order chi connectivity index (χ1) is 69.4. The molecule has 0 aliphatic carbocycles. The number of aliphatic hydroxyl groups is 2. The van der Waals surface area contributed by atoms with Crippen molar-refractivity contribution in [2.24, 2.45) is 0 Å². The van der Waals surface area contributed by atoms with Gasteiger partial charge in [-0.2, -0.15) is 0 Å². The number of carbonyl (C=O) groups excluding carboxylic acids is 3. The number of fused-ring (bicyclic) bond motifs is 7. The Hall–Kier alpha value is -11.7. The number of carbonyl (C=O) groups is 3. The van der Waals surface area contributed by atoms with E-state index in [0.29, 0.717) is 49.4 Å². The van der Waals surface area contributed by atoms with Crippen molar-refractivity contribution in [2.75, 3.05) is 37.2 Å². The third-order valence-electron chi connectivity index (χ3n) is 33.2. The molecule has 0 aromatic heterocycles. The normalized spacial score (nSPS) is 21.1. The second-order valence-corrected chi connectivity index (χ2v) is 49.1. The molecule has 8 aromatic carbocycles. The summed E-state index contributed by atoms with van der Waals surface area (Å²) in [5.41, 5.74) is 33.5. The van der Waals surface area contributed by atoms with Gasteiger partial charge >= 0.3 is 75.5 Å². The number of aldehydes is 1. The van der Waals surface area contributed by atoms with E-state index >= 15 is 0 Å². The van der Waals surface area contributed by atoms with Crippen LogP contribution in [-0.2, 0) is 68.8 Å². The molecule has 150 heavy (non-hydrogen) atoms. The van der Waals surface area contributed by atoms with Crippen molar-refractivity contribution in [3.05, 3.63) is 281 Å². The summed E-state index contributed by atoms with van der Waals surface area (Å²) in [5.74, 6) is 5.97. The standard InChI is InChI=1S/C17H25NO4.C17H23NO3.C16H21NO4.C16H22O3.C15H20O4.C15H22O2.C15H20O2.C8H11I.C2H5NO2/c1-9-10(2)12(4)15-14(11(9)3)7-8-17(6,22-15)16(19)13(5)18(20)21;1-10(18(19)20)9-17(6)8-7-15-13(4)11(2)12(3)14(5)16(15)21-17;1-9(17(19)20)8-16(5)7-6-13-12(4)14(18)10(2)11(3)15(13)21-16;1-9-10(2)12(4)14-13(11(9)3)7-8-16(5,19-14)15(17)18-6;1-8-9(2)13-11(10(3)12(8)16)6-7-15(4,19-13)14(17)18-5;2*1-9-10(2)12(4)14-13(11(9)3)6-7-15(5,8-16)17-14;1-9(2)8-6-4-3-5-7-8;1-2-3(4)5/h13,16,19H,7-8H2,1-6H3;9H,7-8H2,1-6H3;8,18H,6-7H2,1-5H3;7-8H2,1-6H3;16H,6-7H2,1-5H3;16H,6-8H2,1-5H3;8H,6-7H2,1-5H3;3-7H,1-2H3;2H2,1H3/b;10-9-;9-8-;;;;;;. The van der Waals surface area contributed by atoms with Gasteiger partial charge in [0.1, 0.15) is 74.1 Å². The number of hydrogen-bond acceptors (Lipinski definition) is 24. The van der Waals surface area contributed by atoms with E-state index < -0.39 is 81.0 Å². The largest absolute Gasteiger partial charge is 0.507 e. The molecule has 824 valence electrons. The number of ether oxygens (including phenoxy) is 9. The van der Waals surface area contributed by atoms with Crippen LogP contribution in [0.2, 0.25) is 0 Å². The van der Waals surface area contributed by atoms with Gasteiger partial charge in [-0.15, -0.1) is 0 Å². The van der Waals surface area contributed by atoms with Crippen LogP contribution in [-0.4, -0.2) is 147 Å². The molecule has 4 N–H and O–H groups in total. The summed E-state index contributed by atoms with van der Waals surface area (Å²) >= 11 is -0.681. The number of phenolic OH excluding ortho intramolecular Hbond substituents is 2. The third kappa shape index (κ3) is 27.5. The number of nitro groups is 4. The fourth-order valence-electron chi connectivity index (χ4n) is 20.4. The molecule has 28 nitrogen and oxygen atoms in total. The molecule has 0 fully saturated rings. The molecule has 29 heteroatoms. The number of nitrogens with zero attached hydrogens (tertiary/aromatic N) is 4. The molecule has 0 saturated carbocycles. The van der Waals surface area contributed by atoms with Crippen molar-refractivity contribution >= 4 is 38.0 Å². The van der Waals surface area contributed by atoms with Gasteiger partial charge in [0.25, 0.3) is 0 Å². The van der Waals surface area contributed by atoms with E-state index in [2.05, 4.69) is 172 Å². The molecule has 7 aliphatic rings. The average Bonchev–Trinajstić information content (AvgIpc) is 0.734. The number of hydrogen-bond donors (Lipinski definition) is 4. The van der Waals surface area contributed by atoms with Crippen LogP contribution >= 0.6 is 19.8 Å². The van der Waals surface area contributed by atoms with Crippen LogP contribution in [0.15, 0.2) is 53.9 Å². The first-order valence-corrected chi connectivity index (χ1v) is 57.1. The van der Waals surface area contributed by atoms with E-state index in [4.69, 9.17) is 42.6 Å². The van der Waals surface area contributed by atoms with Gasteiger partial charge in [0.05, 0.1) is 30.7 Å². The fourth-order valence-corrected chi connectivity index (χ4v) is 22.2. The maximum atomic E-state index is 11.9. The predicted octanol–water partition coefficient (Wildman–Crippen LogP) is 25.7. The average molecular weight is 2190 g/mol. The number of halogens is 1. The van der Waals surface area contributed by atoms with Crippen LogP contribution < -0.4 is 33.2 Å². The molecule has 7 aliphatic heterocycles. The zero-order valence-electron chi connectivity index (χ0n) is 97.2. The molecule has 8 aromatic rings. The molecule has 7 heterocycles. The van der Waals surface area contributed by atoms with E-state index in [1.807, 2.05) is 83.1 Å². The number of rotatable bonds is 13. The number of esters is 2. The molecule has 0 bridgehead atoms. The SMILES string of the molecule is C/C(=C/C1(C)CCc2c(C)c(C)c(C)c(C)c2O1)[N+](=O)[O-].C/C(=C/C1(C)CCc2c(C)c(O)c(C)c(C)c2O1)[N+](=O)[O-].CC[N+](=O)[O-].CI(C)c1ccccc1.COC(=O)C1(C)CCc2c(C)c(C)c(C)c(C)c2O1.COC(=O)C1(C)CCc2c(C)c(O)c(C)c(C)c2O1.Cc1c(C)c(C)c2c(c1C)CCC(C)(C(O)C(C)[N+](=O)[O-])O2.Cc1c(C)c(C)c2c(c1C)CCC(C)(C=O)O2.Cc1c(C)c(C)c2c(c1C)CCC(C)(CO)O2. The summed E-state index contributed by atoms with van der Waals surface area (Å²) < 4.78 is 53.7. The van der Waals surface area contributed by atoms with E-state index in [0.717, 1.165) is 160 Å². The number of alkyl halides is 2. The zero-order valence-corrected chi connectivity index (χ0v) is 99.4. The minimum absolute atomic E-state index is 0.0278. The molecule has 9 atom stereocenters. The number of phenols is 2. The summed E-state index contributed by atoms with van der Waals surface area (Å²) in [5, 5.41) is 81.9. The quantitative estimate of drug-likeness (QED) is 0.0208. The van der Waals surface area contributed by atoms with Gasteiger partial charge in [-0.25, -0.2) is 9.59 Å². The van der Waals surface area contributed by atoms with Crippen LogP contribution in [0, 0.1) is 224 Å². The zero-order chi connectivity index (χ0) is 114. The van der Waals surface area contributed by atoms with Crippen molar-refractivity contribution in [1.82, 2.24) is 0 Å². The Morgan fingerprint density at radius 1 is 0.380 bits per heavy atom. The molecule has 0 spiro atoms.